The number of amides is 1. The Morgan fingerprint density at radius 3 is 2.52 bits per heavy atom. The summed E-state index contributed by atoms with van der Waals surface area (Å²) in [6.45, 7) is 4.64. The summed E-state index contributed by atoms with van der Waals surface area (Å²) in [7, 11) is 2.20. The van der Waals surface area contributed by atoms with Gasteiger partial charge in [0, 0.05) is 37.3 Å². The van der Waals surface area contributed by atoms with Gasteiger partial charge in [-0.25, -0.2) is 4.98 Å². The van der Waals surface area contributed by atoms with Crippen LogP contribution >= 0.6 is 12.4 Å². The van der Waals surface area contributed by atoms with E-state index in [4.69, 9.17) is 0 Å². The molecule has 1 amide bonds. The van der Waals surface area contributed by atoms with E-state index in [1.165, 1.54) is 5.56 Å². The molecule has 132 valence electrons. The topological polar surface area (TPSA) is 36.4 Å². The van der Waals surface area contributed by atoms with Gasteiger partial charge in [-0.3, -0.25) is 9.69 Å². The van der Waals surface area contributed by atoms with Crippen molar-refractivity contribution in [2.45, 2.75) is 13.0 Å². The number of nitrogens with zero attached hydrogens (tertiary/aromatic N) is 3. The predicted molar refractivity (Wildman–Crippen MR) is 101 cm³/mol. The second kappa shape index (κ2) is 7.14. The molecule has 2 saturated heterocycles. The smallest absolute Gasteiger partial charge is 0.272 e. The van der Waals surface area contributed by atoms with Gasteiger partial charge in [0.25, 0.3) is 5.91 Å². The van der Waals surface area contributed by atoms with E-state index >= 15 is 0 Å². The van der Waals surface area contributed by atoms with Crippen molar-refractivity contribution in [2.75, 3.05) is 26.7 Å². The Bertz CT molecular complexity index is 752. The first-order chi connectivity index (χ1) is 11.6. The molecule has 2 aliphatic rings. The first-order valence-corrected chi connectivity index (χ1v) is 8.61. The summed E-state index contributed by atoms with van der Waals surface area (Å²) in [5, 5.41) is 0. The fraction of sp³-hybridized carbons (Fsp3) is 0.400. The molecule has 4 rings (SSSR count). The first kappa shape index (κ1) is 17.9. The molecule has 3 atom stereocenters. The van der Waals surface area contributed by atoms with E-state index in [0.717, 1.165) is 25.3 Å². The van der Waals surface area contributed by atoms with Crippen LogP contribution in [0, 0.1) is 18.8 Å². The van der Waals surface area contributed by atoms with Crippen molar-refractivity contribution in [1.82, 2.24) is 14.8 Å². The molecule has 25 heavy (non-hydrogen) atoms. The average molecular weight is 358 g/mol. The van der Waals surface area contributed by atoms with Crippen molar-refractivity contribution >= 4 is 18.3 Å². The van der Waals surface area contributed by atoms with E-state index in [1.807, 2.05) is 30.0 Å². The normalized spacial score (nSPS) is 25.5. The van der Waals surface area contributed by atoms with Crippen molar-refractivity contribution in [3.8, 4) is 0 Å². The van der Waals surface area contributed by atoms with Gasteiger partial charge in [0.05, 0.1) is 0 Å². The average Bonchev–Trinajstić information content (AvgIpc) is 3.11. The number of rotatable bonds is 2. The second-order valence-electron chi connectivity index (χ2n) is 7.09. The minimum absolute atomic E-state index is 0. The predicted octanol–water partition coefficient (Wildman–Crippen LogP) is 3.19. The van der Waals surface area contributed by atoms with Gasteiger partial charge in [-0.15, -0.1) is 12.4 Å². The van der Waals surface area contributed by atoms with E-state index < -0.39 is 0 Å². The highest BCUT2D eigenvalue weighted by atomic mass is 35.5. The summed E-state index contributed by atoms with van der Waals surface area (Å²) in [4.78, 5) is 21.6. The lowest BCUT2D eigenvalue weighted by Gasteiger charge is -2.26. The Morgan fingerprint density at radius 2 is 1.80 bits per heavy atom. The second-order valence-corrected chi connectivity index (χ2v) is 7.09. The molecule has 0 radical (unpaired) electrons. The number of benzene rings is 1. The molecule has 2 fully saturated rings. The maximum absolute atomic E-state index is 12.8. The molecule has 2 aromatic rings. The SMILES string of the molecule is Cc1cccc(C(=O)N2C[C@@H]3CN(C)[C@@H](c4ccccc4)[C@@H]3C2)n1.Cl. The van der Waals surface area contributed by atoms with Crippen molar-refractivity contribution in [3.63, 3.8) is 0 Å². The maximum atomic E-state index is 12.8. The van der Waals surface area contributed by atoms with E-state index in [2.05, 4.69) is 47.3 Å². The molecule has 0 aliphatic carbocycles. The minimum Gasteiger partial charge on any atom is -0.337 e. The molecule has 1 aromatic heterocycles. The van der Waals surface area contributed by atoms with Crippen LogP contribution in [0.2, 0.25) is 0 Å². The first-order valence-electron chi connectivity index (χ1n) is 8.61. The highest BCUT2D eigenvalue weighted by Gasteiger charge is 2.47. The van der Waals surface area contributed by atoms with Gasteiger partial charge in [0.15, 0.2) is 0 Å². The Morgan fingerprint density at radius 1 is 1.04 bits per heavy atom. The van der Waals surface area contributed by atoms with Gasteiger partial charge in [-0.05, 0) is 37.6 Å². The molecule has 0 unspecified atom stereocenters. The number of aromatic nitrogens is 1. The summed E-state index contributed by atoms with van der Waals surface area (Å²) in [5.74, 6) is 1.13. The molecule has 0 N–H and O–H groups in total. The van der Waals surface area contributed by atoms with Crippen LogP contribution in [0.25, 0.3) is 0 Å². The molecular formula is C20H24ClN3O. The molecule has 5 heteroatoms. The highest BCUT2D eigenvalue weighted by Crippen LogP contribution is 2.44. The molecule has 0 bridgehead atoms. The number of hydrogen-bond donors (Lipinski definition) is 0. The molecule has 1 aromatic carbocycles. The van der Waals surface area contributed by atoms with E-state index in [1.54, 1.807) is 0 Å². The number of halogens is 1. The Hall–Kier alpha value is -1.91. The quantitative estimate of drug-likeness (QED) is 0.828. The van der Waals surface area contributed by atoms with Gasteiger partial charge < -0.3 is 4.90 Å². The van der Waals surface area contributed by atoms with Crippen LogP contribution in [-0.2, 0) is 0 Å². The lowest BCUT2D eigenvalue weighted by Crippen LogP contribution is -2.33. The van der Waals surface area contributed by atoms with Gasteiger partial charge >= 0.3 is 0 Å². The van der Waals surface area contributed by atoms with Crippen LogP contribution in [0.5, 0.6) is 0 Å². The van der Waals surface area contributed by atoms with Gasteiger partial charge in [-0.2, -0.15) is 0 Å². The standard InChI is InChI=1S/C20H23N3O.ClH/c1-14-7-6-10-18(21-14)20(24)23-12-16-11-22(2)19(17(16)13-23)15-8-4-3-5-9-15;/h3-10,16-17,19H,11-13H2,1-2H3;1H/t16-,17+,19-;/m0./s1. The minimum atomic E-state index is 0. The fourth-order valence-electron chi connectivity index (χ4n) is 4.40. The lowest BCUT2D eigenvalue weighted by atomic mass is 9.90. The van der Waals surface area contributed by atoms with Crippen LogP contribution in [0.1, 0.15) is 27.8 Å². The van der Waals surface area contributed by atoms with Crippen molar-refractivity contribution in [3.05, 3.63) is 65.5 Å². The number of fused-ring (bicyclic) bond motifs is 1. The van der Waals surface area contributed by atoms with Crippen molar-refractivity contribution < 1.29 is 4.79 Å². The Labute approximate surface area is 155 Å². The third-order valence-corrected chi connectivity index (χ3v) is 5.43. The third kappa shape index (κ3) is 3.29. The maximum Gasteiger partial charge on any atom is 0.272 e. The molecule has 2 aliphatic heterocycles. The molecule has 3 heterocycles. The zero-order valence-corrected chi connectivity index (χ0v) is 15.4. The lowest BCUT2D eigenvalue weighted by molar-refractivity contribution is 0.0762. The number of hydrogen-bond acceptors (Lipinski definition) is 3. The van der Waals surface area contributed by atoms with Crippen LogP contribution in [-0.4, -0.2) is 47.4 Å². The number of likely N-dealkylation sites (tertiary alicyclic amines) is 2. The summed E-state index contributed by atoms with van der Waals surface area (Å²) in [6, 6.07) is 16.7. The van der Waals surface area contributed by atoms with Gasteiger partial charge in [-0.1, -0.05) is 36.4 Å². The number of carbonyl (C=O) groups is 1. The van der Waals surface area contributed by atoms with Crippen LogP contribution in [0.15, 0.2) is 48.5 Å². The summed E-state index contributed by atoms with van der Waals surface area (Å²) < 4.78 is 0. The number of carbonyl (C=O) groups excluding carboxylic acids is 1. The van der Waals surface area contributed by atoms with Crippen molar-refractivity contribution in [2.24, 2.45) is 11.8 Å². The third-order valence-electron chi connectivity index (χ3n) is 5.43. The largest absolute Gasteiger partial charge is 0.337 e. The molecule has 4 nitrogen and oxygen atoms in total. The highest BCUT2D eigenvalue weighted by molar-refractivity contribution is 5.92. The van der Waals surface area contributed by atoms with Crippen LogP contribution in [0.4, 0.5) is 0 Å². The number of pyridine rings is 1. The monoisotopic (exact) mass is 357 g/mol. The summed E-state index contributed by atoms with van der Waals surface area (Å²) in [6.07, 6.45) is 0. The summed E-state index contributed by atoms with van der Waals surface area (Å²) >= 11 is 0. The van der Waals surface area contributed by atoms with Crippen molar-refractivity contribution in [1.29, 1.82) is 0 Å². The zero-order chi connectivity index (χ0) is 16.7. The Kier molecular flexibility index (Phi) is 5.11. The van der Waals surface area contributed by atoms with E-state index in [9.17, 15) is 4.79 Å². The van der Waals surface area contributed by atoms with Gasteiger partial charge in [0.2, 0.25) is 0 Å². The molecule has 0 saturated carbocycles. The van der Waals surface area contributed by atoms with Gasteiger partial charge in [0.1, 0.15) is 5.69 Å². The molecule has 0 spiro atoms. The van der Waals surface area contributed by atoms with Crippen LogP contribution < -0.4 is 0 Å². The zero-order valence-electron chi connectivity index (χ0n) is 14.6. The fourth-order valence-corrected chi connectivity index (χ4v) is 4.40. The number of aryl methyl sites for hydroxylation is 1. The molecular weight excluding hydrogens is 334 g/mol. The Balaban J connectivity index is 0.00000182. The summed E-state index contributed by atoms with van der Waals surface area (Å²) in [5.41, 5.74) is 2.82. The van der Waals surface area contributed by atoms with E-state index in [-0.39, 0.29) is 18.3 Å². The van der Waals surface area contributed by atoms with Crippen LogP contribution in [0.3, 0.4) is 0 Å². The van der Waals surface area contributed by atoms with E-state index in [0.29, 0.717) is 23.6 Å².